The van der Waals surface area contributed by atoms with Crippen LogP contribution in [0.5, 0.6) is 5.75 Å². The molecule has 0 bridgehead atoms. The molecule has 0 fully saturated rings. The molecule has 2 aromatic carbocycles. The number of amides is 2. The van der Waals surface area contributed by atoms with Crippen molar-refractivity contribution in [3.05, 3.63) is 84.2 Å². The van der Waals surface area contributed by atoms with Gasteiger partial charge >= 0.3 is 6.03 Å². The smallest absolute Gasteiger partial charge is 0.322 e. The van der Waals surface area contributed by atoms with E-state index in [2.05, 4.69) is 22.0 Å². The highest BCUT2D eigenvalue weighted by Gasteiger charge is 2.17. The number of carbonyl (C=O) groups excluding carboxylic acids is 1. The Labute approximate surface area is 171 Å². The van der Waals surface area contributed by atoms with E-state index in [0.29, 0.717) is 31.1 Å². The van der Waals surface area contributed by atoms with Crippen LogP contribution in [0.4, 0.5) is 10.5 Å². The first-order valence-corrected chi connectivity index (χ1v) is 9.57. The van der Waals surface area contributed by atoms with Crippen molar-refractivity contribution in [2.45, 2.75) is 13.1 Å². The minimum Gasteiger partial charge on any atom is -0.495 e. The number of methoxy groups -OCH3 is 2. The molecule has 6 heteroatoms. The van der Waals surface area contributed by atoms with E-state index in [4.69, 9.17) is 9.47 Å². The summed E-state index contributed by atoms with van der Waals surface area (Å²) in [6.07, 6.45) is 2.04. The summed E-state index contributed by atoms with van der Waals surface area (Å²) in [5.41, 5.74) is 2.91. The van der Waals surface area contributed by atoms with Gasteiger partial charge in [-0.1, -0.05) is 42.5 Å². The Kier molecular flexibility index (Phi) is 7.30. The van der Waals surface area contributed by atoms with Gasteiger partial charge in [0.1, 0.15) is 5.75 Å². The lowest BCUT2D eigenvalue weighted by molar-refractivity contribution is 0.151. The highest BCUT2D eigenvalue weighted by atomic mass is 16.5. The van der Waals surface area contributed by atoms with Gasteiger partial charge in [-0.25, -0.2) is 4.79 Å². The molecular weight excluding hydrogens is 366 g/mol. The molecule has 152 valence electrons. The van der Waals surface area contributed by atoms with E-state index in [-0.39, 0.29) is 6.03 Å². The molecule has 0 saturated heterocycles. The minimum absolute atomic E-state index is 0.195. The molecule has 6 nitrogen and oxygen atoms in total. The summed E-state index contributed by atoms with van der Waals surface area (Å²) in [5.74, 6) is 0.625. The van der Waals surface area contributed by atoms with Gasteiger partial charge < -0.3 is 24.3 Å². The van der Waals surface area contributed by atoms with E-state index >= 15 is 0 Å². The molecule has 0 spiro atoms. The molecule has 1 N–H and O–H groups in total. The summed E-state index contributed by atoms with van der Waals surface area (Å²) in [4.78, 5) is 14.7. The largest absolute Gasteiger partial charge is 0.495 e. The van der Waals surface area contributed by atoms with Crippen molar-refractivity contribution in [3.8, 4) is 5.75 Å². The number of hydrogen-bond donors (Lipinski definition) is 1. The van der Waals surface area contributed by atoms with Crippen LogP contribution < -0.4 is 10.1 Å². The van der Waals surface area contributed by atoms with Gasteiger partial charge in [0.05, 0.1) is 25.9 Å². The Morgan fingerprint density at radius 2 is 1.76 bits per heavy atom. The maximum atomic E-state index is 13.0. The highest BCUT2D eigenvalue weighted by molar-refractivity contribution is 5.90. The van der Waals surface area contributed by atoms with Crippen LogP contribution in [0.1, 0.15) is 11.3 Å². The number of hydrogen-bond acceptors (Lipinski definition) is 3. The van der Waals surface area contributed by atoms with Crippen LogP contribution in [-0.2, 0) is 17.8 Å². The minimum atomic E-state index is -0.195. The lowest BCUT2D eigenvalue weighted by atomic mass is 10.2. The Morgan fingerprint density at radius 1 is 1.00 bits per heavy atom. The molecule has 0 aliphatic heterocycles. The van der Waals surface area contributed by atoms with Crippen molar-refractivity contribution in [3.63, 3.8) is 0 Å². The molecule has 0 aliphatic rings. The van der Waals surface area contributed by atoms with Crippen LogP contribution in [0.2, 0.25) is 0 Å². The molecule has 3 rings (SSSR count). The van der Waals surface area contributed by atoms with Gasteiger partial charge in [-0.15, -0.1) is 0 Å². The number of ether oxygens (including phenoxy) is 2. The molecule has 1 aromatic heterocycles. The Balaban J connectivity index is 1.74. The summed E-state index contributed by atoms with van der Waals surface area (Å²) in [6, 6.07) is 21.5. The van der Waals surface area contributed by atoms with Crippen LogP contribution in [0.15, 0.2) is 72.9 Å². The van der Waals surface area contributed by atoms with Crippen LogP contribution in [0.25, 0.3) is 0 Å². The Hall–Kier alpha value is -3.25. The average Bonchev–Trinajstić information content (AvgIpc) is 3.18. The first kappa shape index (κ1) is 20.5. The maximum absolute atomic E-state index is 13.0. The number of benzene rings is 2. The summed E-state index contributed by atoms with van der Waals surface area (Å²) in [7, 11) is 3.22. The first-order chi connectivity index (χ1) is 14.2. The fourth-order valence-corrected chi connectivity index (χ4v) is 3.12. The first-order valence-electron chi connectivity index (χ1n) is 9.57. The molecule has 0 aliphatic carbocycles. The molecule has 3 aromatic rings. The van der Waals surface area contributed by atoms with Crippen LogP contribution in [0, 0.1) is 0 Å². The van der Waals surface area contributed by atoms with E-state index in [9.17, 15) is 4.79 Å². The molecular formula is C23H27N3O3. The van der Waals surface area contributed by atoms with E-state index in [1.807, 2.05) is 60.8 Å². The topological polar surface area (TPSA) is 55.7 Å². The third-order valence-electron chi connectivity index (χ3n) is 4.67. The Morgan fingerprint density at radius 3 is 2.52 bits per heavy atom. The zero-order valence-electron chi connectivity index (χ0n) is 16.9. The van der Waals surface area contributed by atoms with Gasteiger partial charge in [-0.3, -0.25) is 0 Å². The zero-order valence-corrected chi connectivity index (χ0v) is 16.9. The van der Waals surface area contributed by atoms with Crippen molar-refractivity contribution in [2.24, 2.45) is 0 Å². The molecule has 2 amide bonds. The van der Waals surface area contributed by atoms with E-state index < -0.39 is 0 Å². The number of aromatic nitrogens is 1. The monoisotopic (exact) mass is 393 g/mol. The number of rotatable bonds is 9. The molecule has 0 atom stereocenters. The second kappa shape index (κ2) is 10.3. The fourth-order valence-electron chi connectivity index (χ4n) is 3.12. The van der Waals surface area contributed by atoms with Crippen LogP contribution >= 0.6 is 0 Å². The van der Waals surface area contributed by atoms with Crippen LogP contribution in [-0.4, -0.2) is 42.9 Å². The predicted molar refractivity (Wildman–Crippen MR) is 114 cm³/mol. The predicted octanol–water partition coefficient (Wildman–Crippen LogP) is 4.23. The van der Waals surface area contributed by atoms with E-state index in [0.717, 1.165) is 12.2 Å². The summed E-state index contributed by atoms with van der Waals surface area (Å²) < 4.78 is 12.7. The SMILES string of the molecule is COCCN(Cc1cccn1Cc1ccccc1)C(=O)Nc1ccccc1OC. The molecule has 29 heavy (non-hydrogen) atoms. The van der Waals surface area contributed by atoms with Crippen LogP contribution in [0.3, 0.4) is 0 Å². The quantitative estimate of drug-likeness (QED) is 0.592. The van der Waals surface area contributed by atoms with Gasteiger partial charge in [-0.2, -0.15) is 0 Å². The summed E-state index contributed by atoms with van der Waals surface area (Å²) >= 11 is 0. The number of para-hydroxylation sites is 2. The highest BCUT2D eigenvalue weighted by Crippen LogP contribution is 2.23. The molecule has 0 radical (unpaired) electrons. The normalized spacial score (nSPS) is 10.6. The molecule has 0 unspecified atom stereocenters. The molecule has 1 heterocycles. The van der Waals surface area contributed by atoms with Crippen molar-refractivity contribution < 1.29 is 14.3 Å². The summed E-state index contributed by atoms with van der Waals surface area (Å²) in [6.45, 7) is 2.17. The van der Waals surface area contributed by atoms with Gasteiger partial charge in [0.15, 0.2) is 0 Å². The number of nitrogens with one attached hydrogen (secondary N) is 1. The van der Waals surface area contributed by atoms with Crippen molar-refractivity contribution in [1.82, 2.24) is 9.47 Å². The van der Waals surface area contributed by atoms with E-state index in [1.54, 1.807) is 19.1 Å². The number of carbonyl (C=O) groups is 1. The average molecular weight is 393 g/mol. The number of anilines is 1. The maximum Gasteiger partial charge on any atom is 0.322 e. The lowest BCUT2D eigenvalue weighted by Gasteiger charge is -2.24. The second-order valence-corrected chi connectivity index (χ2v) is 6.66. The van der Waals surface area contributed by atoms with E-state index in [1.165, 1.54) is 5.56 Å². The van der Waals surface area contributed by atoms with Crippen molar-refractivity contribution in [1.29, 1.82) is 0 Å². The van der Waals surface area contributed by atoms with Crippen molar-refractivity contribution >= 4 is 11.7 Å². The van der Waals surface area contributed by atoms with Crippen molar-refractivity contribution in [2.75, 3.05) is 32.7 Å². The summed E-state index contributed by atoms with van der Waals surface area (Å²) in [5, 5.41) is 2.95. The second-order valence-electron chi connectivity index (χ2n) is 6.66. The van der Waals surface area contributed by atoms with Gasteiger partial charge in [0.25, 0.3) is 0 Å². The lowest BCUT2D eigenvalue weighted by Crippen LogP contribution is -2.37. The van der Waals surface area contributed by atoms with Gasteiger partial charge in [0.2, 0.25) is 0 Å². The zero-order chi connectivity index (χ0) is 20.5. The number of nitrogens with zero attached hydrogens (tertiary/aromatic N) is 2. The Bertz CT molecular complexity index is 908. The van der Waals surface area contributed by atoms with Gasteiger partial charge in [0, 0.05) is 32.1 Å². The third-order valence-corrected chi connectivity index (χ3v) is 4.67. The molecule has 0 saturated carbocycles. The van der Waals surface area contributed by atoms with Gasteiger partial charge in [-0.05, 0) is 29.8 Å². The third kappa shape index (κ3) is 5.62. The number of urea groups is 1. The standard InChI is InChI=1S/C23H27N3O3/c1-28-16-15-26(23(27)24-21-12-6-7-13-22(21)29-2)18-20-11-8-14-25(20)17-19-9-4-3-5-10-19/h3-14H,15-18H2,1-2H3,(H,24,27). The fraction of sp³-hybridized carbons (Fsp3) is 0.261.